The van der Waals surface area contributed by atoms with Crippen LogP contribution in [0.25, 0.3) is 0 Å². The van der Waals surface area contributed by atoms with E-state index in [1.165, 1.54) is 13.8 Å². The molecule has 0 aliphatic carbocycles. The van der Waals surface area contributed by atoms with Crippen molar-refractivity contribution in [2.45, 2.75) is 25.6 Å². The van der Waals surface area contributed by atoms with E-state index in [0.29, 0.717) is 4.90 Å². The van der Waals surface area contributed by atoms with Gasteiger partial charge in [-0.1, -0.05) is 0 Å². The number of alkyl halides is 3. The largest absolute Gasteiger partial charge is 0.464 e. The molecule has 1 saturated heterocycles. The fourth-order valence-corrected chi connectivity index (χ4v) is 1.40. The number of esters is 1. The first kappa shape index (κ1) is 13.6. The van der Waals surface area contributed by atoms with Gasteiger partial charge in [-0.05, 0) is 13.8 Å². The Hall–Kier alpha value is -1.47. The van der Waals surface area contributed by atoms with Crippen molar-refractivity contribution in [1.82, 2.24) is 4.90 Å². The molecule has 1 aliphatic rings. The van der Waals surface area contributed by atoms with Gasteiger partial charge in [0.15, 0.2) is 0 Å². The van der Waals surface area contributed by atoms with Crippen LogP contribution in [0, 0.1) is 0 Å². The smallest absolute Gasteiger partial charge is 0.424 e. The summed E-state index contributed by atoms with van der Waals surface area (Å²) >= 11 is 0. The lowest BCUT2D eigenvalue weighted by Crippen LogP contribution is -2.46. The fraction of sp³-hybridized carbons (Fsp3) is 0.778. The van der Waals surface area contributed by atoms with Gasteiger partial charge >= 0.3 is 18.2 Å². The van der Waals surface area contributed by atoms with E-state index < -0.39 is 30.3 Å². The van der Waals surface area contributed by atoms with Gasteiger partial charge in [-0.15, -0.1) is 0 Å². The first-order valence-corrected chi connectivity index (χ1v) is 4.99. The second kappa shape index (κ2) is 4.42. The van der Waals surface area contributed by atoms with Crippen molar-refractivity contribution < 1.29 is 32.2 Å². The van der Waals surface area contributed by atoms with Crippen LogP contribution in [0.1, 0.15) is 13.8 Å². The Kier molecular flexibility index (Phi) is 3.53. The number of hydrogen-bond acceptors (Lipinski definition) is 4. The standard InChI is InChI=1S/C9H12F3NO4/c1-3-16-6(14)8(9(10,11)12)5-13(8)7(15)17-4-2/h3-5H2,1-2H3. The molecule has 1 unspecified atom stereocenters. The molecule has 1 amide bonds. The predicted molar refractivity (Wildman–Crippen MR) is 49.1 cm³/mol. The molecule has 1 heterocycles. The van der Waals surface area contributed by atoms with Crippen LogP contribution in [-0.4, -0.2) is 48.4 Å². The molecule has 0 spiro atoms. The average Bonchev–Trinajstić information content (AvgIpc) is 2.93. The van der Waals surface area contributed by atoms with E-state index in [1.807, 2.05) is 0 Å². The van der Waals surface area contributed by atoms with Crippen LogP contribution in [0.4, 0.5) is 18.0 Å². The zero-order valence-electron chi connectivity index (χ0n) is 9.34. The predicted octanol–water partition coefficient (Wildman–Crippen LogP) is 1.32. The number of ether oxygens (including phenoxy) is 2. The minimum Gasteiger partial charge on any atom is -0.464 e. The van der Waals surface area contributed by atoms with Gasteiger partial charge in [-0.25, -0.2) is 9.59 Å². The lowest BCUT2D eigenvalue weighted by molar-refractivity contribution is -0.193. The van der Waals surface area contributed by atoms with E-state index in [4.69, 9.17) is 0 Å². The molecular formula is C9H12F3NO4. The Bertz CT molecular complexity index is 331. The third kappa shape index (κ3) is 2.16. The Balaban J connectivity index is 2.88. The van der Waals surface area contributed by atoms with Crippen molar-refractivity contribution in [3.63, 3.8) is 0 Å². The highest BCUT2D eigenvalue weighted by atomic mass is 19.4. The van der Waals surface area contributed by atoms with Gasteiger partial charge in [0.1, 0.15) is 0 Å². The summed E-state index contributed by atoms with van der Waals surface area (Å²) in [6, 6.07) is 0. The number of halogens is 3. The minimum absolute atomic E-state index is 0.0634. The summed E-state index contributed by atoms with van der Waals surface area (Å²) in [5.74, 6) is -1.47. The molecule has 0 N–H and O–H groups in total. The second-order valence-electron chi connectivity index (χ2n) is 3.36. The van der Waals surface area contributed by atoms with E-state index in [-0.39, 0.29) is 13.2 Å². The lowest BCUT2D eigenvalue weighted by atomic mass is 10.1. The number of rotatable bonds is 3. The third-order valence-electron chi connectivity index (χ3n) is 2.31. The molecule has 98 valence electrons. The highest BCUT2D eigenvalue weighted by Crippen LogP contribution is 2.47. The highest BCUT2D eigenvalue weighted by Gasteiger charge is 2.78. The Morgan fingerprint density at radius 2 is 1.76 bits per heavy atom. The summed E-state index contributed by atoms with van der Waals surface area (Å²) < 4.78 is 47.1. The summed E-state index contributed by atoms with van der Waals surface area (Å²) in [5, 5.41) is 0. The van der Waals surface area contributed by atoms with Crippen molar-refractivity contribution >= 4 is 12.1 Å². The van der Waals surface area contributed by atoms with Gasteiger partial charge in [0.2, 0.25) is 0 Å². The van der Waals surface area contributed by atoms with Crippen molar-refractivity contribution in [3.8, 4) is 0 Å². The maximum atomic E-state index is 12.8. The van der Waals surface area contributed by atoms with Crippen molar-refractivity contribution in [1.29, 1.82) is 0 Å². The van der Waals surface area contributed by atoms with Crippen LogP contribution in [-0.2, 0) is 14.3 Å². The summed E-state index contributed by atoms with van der Waals surface area (Å²) in [4.78, 5) is 22.8. The van der Waals surface area contributed by atoms with Crippen LogP contribution < -0.4 is 0 Å². The molecule has 1 atom stereocenters. The SMILES string of the molecule is CCOC(=O)N1CC1(C(=O)OCC)C(F)(F)F. The molecule has 0 aromatic heterocycles. The Morgan fingerprint density at radius 3 is 2.18 bits per heavy atom. The number of nitrogens with zero attached hydrogens (tertiary/aromatic N) is 1. The van der Waals surface area contributed by atoms with Gasteiger partial charge in [-0.2, -0.15) is 13.2 Å². The zero-order valence-corrected chi connectivity index (χ0v) is 9.34. The van der Waals surface area contributed by atoms with Crippen molar-refractivity contribution in [2.75, 3.05) is 19.8 Å². The van der Waals surface area contributed by atoms with Crippen LogP contribution in [0.2, 0.25) is 0 Å². The minimum atomic E-state index is -4.87. The Morgan fingerprint density at radius 1 is 1.24 bits per heavy atom. The maximum Gasteiger partial charge on any atom is 0.424 e. The zero-order chi connectivity index (χ0) is 13.3. The molecule has 0 bridgehead atoms. The lowest BCUT2D eigenvalue weighted by Gasteiger charge is -2.18. The first-order chi connectivity index (χ1) is 7.81. The molecule has 5 nitrogen and oxygen atoms in total. The van der Waals surface area contributed by atoms with Crippen molar-refractivity contribution in [3.05, 3.63) is 0 Å². The van der Waals surface area contributed by atoms with Crippen LogP contribution in [0.15, 0.2) is 0 Å². The number of amides is 1. The summed E-state index contributed by atoms with van der Waals surface area (Å²) in [7, 11) is 0. The molecule has 0 saturated carbocycles. The summed E-state index contributed by atoms with van der Waals surface area (Å²) in [6.45, 7) is 1.84. The molecule has 1 aliphatic heterocycles. The first-order valence-electron chi connectivity index (χ1n) is 4.99. The van der Waals surface area contributed by atoms with Gasteiger partial charge in [0.05, 0.1) is 19.8 Å². The van der Waals surface area contributed by atoms with E-state index in [9.17, 15) is 22.8 Å². The third-order valence-corrected chi connectivity index (χ3v) is 2.31. The number of hydrogen-bond donors (Lipinski definition) is 0. The summed E-state index contributed by atoms with van der Waals surface area (Å²) in [5.41, 5.74) is -2.87. The van der Waals surface area contributed by atoms with Crippen LogP contribution in [0.5, 0.6) is 0 Å². The fourth-order valence-electron chi connectivity index (χ4n) is 1.40. The van der Waals surface area contributed by atoms with E-state index in [0.717, 1.165) is 0 Å². The molecule has 1 rings (SSSR count). The maximum absolute atomic E-state index is 12.8. The molecule has 17 heavy (non-hydrogen) atoms. The highest BCUT2D eigenvalue weighted by molar-refractivity contribution is 5.92. The topological polar surface area (TPSA) is 55.6 Å². The quantitative estimate of drug-likeness (QED) is 0.563. The molecular weight excluding hydrogens is 243 g/mol. The molecule has 0 radical (unpaired) electrons. The van der Waals surface area contributed by atoms with Gasteiger partial charge in [0.25, 0.3) is 5.54 Å². The van der Waals surface area contributed by atoms with Gasteiger partial charge in [-0.3, -0.25) is 4.90 Å². The van der Waals surface area contributed by atoms with E-state index in [2.05, 4.69) is 9.47 Å². The molecule has 8 heteroatoms. The average molecular weight is 255 g/mol. The molecule has 1 fully saturated rings. The number of carbonyl (C=O) groups excluding carboxylic acids is 2. The van der Waals surface area contributed by atoms with Crippen molar-refractivity contribution in [2.24, 2.45) is 0 Å². The van der Waals surface area contributed by atoms with Gasteiger partial charge < -0.3 is 9.47 Å². The van der Waals surface area contributed by atoms with E-state index in [1.54, 1.807) is 0 Å². The van der Waals surface area contributed by atoms with Gasteiger partial charge in [0, 0.05) is 0 Å². The normalized spacial score (nSPS) is 23.2. The van der Waals surface area contributed by atoms with Crippen LogP contribution in [0.3, 0.4) is 0 Å². The van der Waals surface area contributed by atoms with E-state index >= 15 is 0 Å². The monoisotopic (exact) mass is 255 g/mol. The second-order valence-corrected chi connectivity index (χ2v) is 3.36. The molecule has 0 aromatic carbocycles. The number of carbonyl (C=O) groups is 2. The Labute approximate surface area is 95.5 Å². The van der Waals surface area contributed by atoms with Crippen LogP contribution >= 0.6 is 0 Å². The summed E-state index contributed by atoms with van der Waals surface area (Å²) in [6.07, 6.45) is -6.04. The molecule has 0 aromatic rings.